The van der Waals surface area contributed by atoms with Gasteiger partial charge in [0.05, 0.1) is 19.8 Å². The molecule has 1 aliphatic heterocycles. The summed E-state index contributed by atoms with van der Waals surface area (Å²) in [6, 6.07) is 3.90. The highest BCUT2D eigenvalue weighted by molar-refractivity contribution is 5.78. The molecule has 0 amide bonds. The number of aliphatic imine (C=N–C) groups is 1. The minimum atomic E-state index is 0.342. The molecular weight excluding hydrogens is 268 g/mol. The van der Waals surface area contributed by atoms with Crippen LogP contribution in [0.15, 0.2) is 23.3 Å². The van der Waals surface area contributed by atoms with Crippen molar-refractivity contribution in [1.29, 1.82) is 0 Å². The van der Waals surface area contributed by atoms with E-state index in [0.717, 1.165) is 31.5 Å². The van der Waals surface area contributed by atoms with E-state index in [0.29, 0.717) is 37.7 Å². The molecule has 21 heavy (non-hydrogen) atoms. The quantitative estimate of drug-likeness (QED) is 0.665. The van der Waals surface area contributed by atoms with Crippen LogP contribution in [0.5, 0.6) is 5.88 Å². The highest BCUT2D eigenvalue weighted by atomic mass is 16.5. The summed E-state index contributed by atoms with van der Waals surface area (Å²) in [5.41, 5.74) is 7.08. The van der Waals surface area contributed by atoms with Crippen molar-refractivity contribution in [3.63, 3.8) is 0 Å². The highest BCUT2D eigenvalue weighted by Crippen LogP contribution is 2.24. The number of guanidine groups is 1. The fraction of sp³-hybridized carbons (Fsp3) is 0.600. The number of hydrogen-bond donors (Lipinski definition) is 1. The van der Waals surface area contributed by atoms with Gasteiger partial charge in [-0.1, -0.05) is 0 Å². The first-order valence-electron chi connectivity index (χ1n) is 7.55. The minimum absolute atomic E-state index is 0.342. The second-order valence-electron chi connectivity index (χ2n) is 5.45. The molecule has 6 heteroatoms. The van der Waals surface area contributed by atoms with Gasteiger partial charge in [-0.05, 0) is 30.9 Å². The average Bonchev–Trinajstić information content (AvgIpc) is 2.50. The van der Waals surface area contributed by atoms with Gasteiger partial charge >= 0.3 is 0 Å². The van der Waals surface area contributed by atoms with E-state index < -0.39 is 0 Å². The fourth-order valence-corrected chi connectivity index (χ4v) is 2.34. The van der Waals surface area contributed by atoms with Crippen LogP contribution in [-0.4, -0.2) is 48.3 Å². The van der Waals surface area contributed by atoms with Crippen molar-refractivity contribution in [1.82, 2.24) is 9.88 Å². The third-order valence-electron chi connectivity index (χ3n) is 3.90. The van der Waals surface area contributed by atoms with Gasteiger partial charge in [0.15, 0.2) is 5.96 Å². The lowest BCUT2D eigenvalue weighted by Gasteiger charge is -2.27. The standard InChI is InChI=1S/C15H22N4O2/c16-15(19-6-8-20-9-7-19)18-11-12-4-5-17-14(10-12)21-13-2-1-3-13/h4-5,10,13H,1-3,6-9,11H2,(H2,16,18). The molecule has 2 heterocycles. The van der Waals surface area contributed by atoms with Gasteiger partial charge in [-0.3, -0.25) is 0 Å². The molecular formula is C15H22N4O2. The molecule has 114 valence electrons. The molecule has 1 aromatic rings. The lowest BCUT2D eigenvalue weighted by atomic mass is 9.96. The molecule has 2 N–H and O–H groups in total. The molecule has 3 rings (SSSR count). The molecule has 0 spiro atoms. The predicted octanol–water partition coefficient (Wildman–Crippen LogP) is 1.16. The van der Waals surface area contributed by atoms with Crippen LogP contribution in [0.4, 0.5) is 0 Å². The normalized spacial score (nSPS) is 20.2. The minimum Gasteiger partial charge on any atom is -0.474 e. The Hall–Kier alpha value is -1.82. The summed E-state index contributed by atoms with van der Waals surface area (Å²) >= 11 is 0. The summed E-state index contributed by atoms with van der Waals surface area (Å²) in [6.07, 6.45) is 5.63. The molecule has 0 radical (unpaired) electrons. The number of morpholine rings is 1. The molecule has 2 aliphatic rings. The summed E-state index contributed by atoms with van der Waals surface area (Å²) in [5.74, 6) is 1.27. The summed E-state index contributed by atoms with van der Waals surface area (Å²) in [5, 5.41) is 0. The van der Waals surface area contributed by atoms with Gasteiger partial charge in [-0.25, -0.2) is 9.98 Å². The molecule has 1 saturated heterocycles. The zero-order valence-corrected chi connectivity index (χ0v) is 12.2. The topological polar surface area (TPSA) is 73.0 Å². The van der Waals surface area contributed by atoms with Gasteiger partial charge in [-0.15, -0.1) is 0 Å². The summed E-state index contributed by atoms with van der Waals surface area (Å²) < 4.78 is 11.1. The lowest BCUT2D eigenvalue weighted by Crippen LogP contribution is -2.44. The first-order valence-corrected chi connectivity index (χ1v) is 7.55. The maximum absolute atomic E-state index is 6.02. The maximum Gasteiger partial charge on any atom is 0.213 e. The second-order valence-corrected chi connectivity index (χ2v) is 5.45. The third-order valence-corrected chi connectivity index (χ3v) is 3.90. The number of aromatic nitrogens is 1. The Balaban J connectivity index is 1.57. The van der Waals surface area contributed by atoms with Crippen molar-refractivity contribution in [2.75, 3.05) is 26.3 Å². The lowest BCUT2D eigenvalue weighted by molar-refractivity contribution is 0.0674. The van der Waals surface area contributed by atoms with Crippen molar-refractivity contribution in [3.8, 4) is 5.88 Å². The highest BCUT2D eigenvalue weighted by Gasteiger charge is 2.19. The SMILES string of the molecule is NC(=NCc1ccnc(OC2CCC2)c1)N1CCOCC1. The summed E-state index contributed by atoms with van der Waals surface area (Å²) in [7, 11) is 0. The van der Waals surface area contributed by atoms with Crippen LogP contribution in [0.25, 0.3) is 0 Å². The van der Waals surface area contributed by atoms with Crippen LogP contribution in [-0.2, 0) is 11.3 Å². The van der Waals surface area contributed by atoms with E-state index in [4.69, 9.17) is 15.2 Å². The van der Waals surface area contributed by atoms with Crippen molar-refractivity contribution in [3.05, 3.63) is 23.9 Å². The first-order chi connectivity index (χ1) is 10.3. The molecule has 1 saturated carbocycles. The third kappa shape index (κ3) is 3.85. The molecule has 0 aromatic carbocycles. The van der Waals surface area contributed by atoms with Gasteiger partial charge in [-0.2, -0.15) is 0 Å². The predicted molar refractivity (Wildman–Crippen MR) is 80.2 cm³/mol. The van der Waals surface area contributed by atoms with Crippen LogP contribution >= 0.6 is 0 Å². The van der Waals surface area contributed by atoms with E-state index in [2.05, 4.69) is 14.9 Å². The smallest absolute Gasteiger partial charge is 0.213 e. The van der Waals surface area contributed by atoms with Crippen molar-refractivity contribution >= 4 is 5.96 Å². The molecule has 0 atom stereocenters. The van der Waals surface area contributed by atoms with Crippen LogP contribution in [0, 0.1) is 0 Å². The number of rotatable bonds is 4. The zero-order chi connectivity index (χ0) is 14.5. The molecule has 6 nitrogen and oxygen atoms in total. The largest absolute Gasteiger partial charge is 0.474 e. The van der Waals surface area contributed by atoms with Crippen molar-refractivity contribution < 1.29 is 9.47 Å². The Bertz CT molecular complexity index is 496. The van der Waals surface area contributed by atoms with Gasteiger partial charge in [0, 0.05) is 25.4 Å². The molecule has 1 aliphatic carbocycles. The molecule has 0 bridgehead atoms. The number of ether oxygens (including phenoxy) is 2. The number of pyridine rings is 1. The Labute approximate surface area is 125 Å². The molecule has 1 aromatic heterocycles. The van der Waals surface area contributed by atoms with Crippen LogP contribution < -0.4 is 10.5 Å². The fourth-order valence-electron chi connectivity index (χ4n) is 2.34. The zero-order valence-electron chi connectivity index (χ0n) is 12.2. The summed E-state index contributed by atoms with van der Waals surface area (Å²) in [4.78, 5) is 10.8. The van der Waals surface area contributed by atoms with Crippen molar-refractivity contribution in [2.45, 2.75) is 31.9 Å². The van der Waals surface area contributed by atoms with E-state index >= 15 is 0 Å². The second kappa shape index (κ2) is 6.76. The van der Waals surface area contributed by atoms with E-state index in [9.17, 15) is 0 Å². The summed E-state index contributed by atoms with van der Waals surface area (Å²) in [6.45, 7) is 3.59. The van der Waals surface area contributed by atoms with Crippen LogP contribution in [0.3, 0.4) is 0 Å². The Morgan fingerprint density at radius 3 is 2.95 bits per heavy atom. The number of nitrogens with two attached hydrogens (primary N) is 1. The van der Waals surface area contributed by atoms with Gasteiger partial charge in [0.25, 0.3) is 0 Å². The van der Waals surface area contributed by atoms with E-state index in [1.165, 1.54) is 6.42 Å². The van der Waals surface area contributed by atoms with E-state index in [1.807, 2.05) is 12.1 Å². The van der Waals surface area contributed by atoms with Gasteiger partial charge in [0.1, 0.15) is 6.10 Å². The van der Waals surface area contributed by atoms with Crippen molar-refractivity contribution in [2.24, 2.45) is 10.7 Å². The first kappa shape index (κ1) is 14.1. The Kier molecular flexibility index (Phi) is 4.55. The Morgan fingerprint density at radius 2 is 2.24 bits per heavy atom. The Morgan fingerprint density at radius 1 is 1.43 bits per heavy atom. The van der Waals surface area contributed by atoms with Crippen LogP contribution in [0.2, 0.25) is 0 Å². The van der Waals surface area contributed by atoms with E-state index in [-0.39, 0.29) is 0 Å². The average molecular weight is 290 g/mol. The van der Waals surface area contributed by atoms with Gasteiger partial charge < -0.3 is 20.1 Å². The monoisotopic (exact) mass is 290 g/mol. The molecule has 0 unspecified atom stereocenters. The number of hydrogen-bond acceptors (Lipinski definition) is 4. The van der Waals surface area contributed by atoms with Crippen LogP contribution in [0.1, 0.15) is 24.8 Å². The van der Waals surface area contributed by atoms with E-state index in [1.54, 1.807) is 6.20 Å². The number of nitrogens with zero attached hydrogens (tertiary/aromatic N) is 3. The molecule has 2 fully saturated rings. The maximum atomic E-state index is 6.02. The van der Waals surface area contributed by atoms with Gasteiger partial charge in [0.2, 0.25) is 5.88 Å².